The van der Waals surface area contributed by atoms with E-state index >= 15 is 0 Å². The number of rotatable bonds is 0. The van der Waals surface area contributed by atoms with Crippen molar-refractivity contribution in [3.8, 4) is 0 Å². The fraction of sp³-hybridized carbons (Fsp3) is 0. The zero-order valence-corrected chi connectivity index (χ0v) is 7.05. The van der Waals surface area contributed by atoms with Gasteiger partial charge in [-0.2, -0.15) is 0 Å². The van der Waals surface area contributed by atoms with E-state index in [0.29, 0.717) is 10.7 Å². The molecule has 0 unspecified atom stereocenters. The minimum absolute atomic E-state index is 0.651. The highest BCUT2D eigenvalue weighted by atomic mass is 35.5. The van der Waals surface area contributed by atoms with Gasteiger partial charge < -0.3 is 5.73 Å². The summed E-state index contributed by atoms with van der Waals surface area (Å²) in [5.41, 5.74) is 7.24. The van der Waals surface area contributed by atoms with E-state index in [1.165, 1.54) is 0 Å². The number of benzene rings is 1. The highest BCUT2D eigenvalue weighted by Gasteiger charge is 2.01. The Labute approximate surface area is 75.0 Å². The van der Waals surface area contributed by atoms with Crippen LogP contribution >= 0.6 is 11.6 Å². The van der Waals surface area contributed by atoms with E-state index < -0.39 is 0 Å². The molecule has 0 atom stereocenters. The van der Waals surface area contributed by atoms with Gasteiger partial charge in [0.15, 0.2) is 0 Å². The molecule has 60 valence electrons. The van der Waals surface area contributed by atoms with Gasteiger partial charge in [0.1, 0.15) is 0 Å². The van der Waals surface area contributed by atoms with Gasteiger partial charge in [-0.1, -0.05) is 17.7 Å². The van der Waals surface area contributed by atoms with Crippen LogP contribution < -0.4 is 5.73 Å². The second-order valence-electron chi connectivity index (χ2n) is 2.53. The summed E-state index contributed by atoms with van der Waals surface area (Å²) in [4.78, 5) is 4.14. The molecule has 0 aliphatic heterocycles. The minimum atomic E-state index is 0.651. The summed E-state index contributed by atoms with van der Waals surface area (Å²) >= 11 is 5.94. The Hall–Kier alpha value is -1.28. The summed E-state index contributed by atoms with van der Waals surface area (Å²) in [6.45, 7) is 0. The zero-order valence-electron chi connectivity index (χ0n) is 6.29. The van der Waals surface area contributed by atoms with Gasteiger partial charge in [-0.05, 0) is 18.2 Å². The van der Waals surface area contributed by atoms with Crippen LogP contribution in [0.2, 0.25) is 5.02 Å². The zero-order chi connectivity index (χ0) is 8.55. The van der Waals surface area contributed by atoms with Gasteiger partial charge in [-0.25, -0.2) is 0 Å². The molecule has 1 aromatic heterocycles. The average molecular weight is 179 g/mol. The summed E-state index contributed by atoms with van der Waals surface area (Å²) in [5.74, 6) is 0. The number of fused-ring (bicyclic) bond motifs is 1. The van der Waals surface area contributed by atoms with E-state index in [0.717, 1.165) is 10.9 Å². The third kappa shape index (κ3) is 1.01. The number of anilines is 1. The largest absolute Gasteiger partial charge is 0.398 e. The molecular weight excluding hydrogens is 172 g/mol. The van der Waals surface area contributed by atoms with Crippen molar-refractivity contribution in [3.63, 3.8) is 0 Å². The number of nitrogen functional groups attached to an aromatic ring is 1. The van der Waals surface area contributed by atoms with Crippen LogP contribution in [0.1, 0.15) is 0 Å². The first-order valence-electron chi connectivity index (χ1n) is 3.58. The normalized spacial score (nSPS) is 10.4. The van der Waals surface area contributed by atoms with Crippen molar-refractivity contribution < 1.29 is 0 Å². The van der Waals surface area contributed by atoms with Crippen LogP contribution in [0.4, 0.5) is 5.69 Å². The summed E-state index contributed by atoms with van der Waals surface area (Å²) in [6, 6.07) is 7.30. The quantitative estimate of drug-likeness (QED) is 0.630. The number of halogens is 1. The predicted molar refractivity (Wildman–Crippen MR) is 51.2 cm³/mol. The maximum absolute atomic E-state index is 5.94. The summed E-state index contributed by atoms with van der Waals surface area (Å²) in [6.07, 6.45) is 1.67. The standard InChI is InChI=1S/C9H7ClN2/c10-6-4-5-12-8-3-1-2-7(11)9(6)8/h1-5H,11H2. The van der Waals surface area contributed by atoms with Crippen molar-refractivity contribution in [2.24, 2.45) is 0 Å². The number of hydrogen-bond donors (Lipinski definition) is 1. The number of aromatic nitrogens is 1. The van der Waals surface area contributed by atoms with Gasteiger partial charge in [-0.3, -0.25) is 4.98 Å². The molecule has 1 aromatic carbocycles. The molecular formula is C9H7ClN2. The van der Waals surface area contributed by atoms with Gasteiger partial charge >= 0.3 is 0 Å². The Morgan fingerprint density at radius 3 is 2.83 bits per heavy atom. The van der Waals surface area contributed by atoms with Crippen molar-refractivity contribution in [2.75, 3.05) is 5.73 Å². The number of nitrogens with zero attached hydrogens (tertiary/aromatic N) is 1. The fourth-order valence-corrected chi connectivity index (χ4v) is 1.45. The Balaban J connectivity index is 2.96. The SMILES string of the molecule is Nc1cccc2nccc(Cl)c12. The van der Waals surface area contributed by atoms with Crippen LogP contribution in [0.3, 0.4) is 0 Å². The van der Waals surface area contributed by atoms with Crippen molar-refractivity contribution in [3.05, 3.63) is 35.5 Å². The number of nitrogens with two attached hydrogens (primary N) is 1. The third-order valence-corrected chi connectivity index (χ3v) is 2.06. The molecule has 0 radical (unpaired) electrons. The maximum atomic E-state index is 5.94. The van der Waals surface area contributed by atoms with E-state index in [1.54, 1.807) is 12.3 Å². The van der Waals surface area contributed by atoms with Crippen LogP contribution in [0.15, 0.2) is 30.5 Å². The first kappa shape index (κ1) is 7.37. The molecule has 0 aliphatic rings. The first-order chi connectivity index (χ1) is 5.79. The van der Waals surface area contributed by atoms with Crippen LogP contribution in [0, 0.1) is 0 Å². The highest BCUT2D eigenvalue weighted by Crippen LogP contribution is 2.26. The van der Waals surface area contributed by atoms with E-state index in [1.807, 2.05) is 18.2 Å². The second kappa shape index (κ2) is 2.64. The number of pyridine rings is 1. The Kier molecular flexibility index (Phi) is 1.62. The lowest BCUT2D eigenvalue weighted by Gasteiger charge is -2.01. The number of hydrogen-bond acceptors (Lipinski definition) is 2. The maximum Gasteiger partial charge on any atom is 0.0737 e. The second-order valence-corrected chi connectivity index (χ2v) is 2.94. The average Bonchev–Trinajstić information content (AvgIpc) is 2.04. The van der Waals surface area contributed by atoms with E-state index in [4.69, 9.17) is 17.3 Å². The third-order valence-electron chi connectivity index (χ3n) is 1.75. The van der Waals surface area contributed by atoms with E-state index in [-0.39, 0.29) is 0 Å². The fourth-order valence-electron chi connectivity index (χ4n) is 1.19. The lowest BCUT2D eigenvalue weighted by molar-refractivity contribution is 1.41. The Morgan fingerprint density at radius 2 is 2.08 bits per heavy atom. The minimum Gasteiger partial charge on any atom is -0.398 e. The van der Waals surface area contributed by atoms with Gasteiger partial charge in [0.2, 0.25) is 0 Å². The smallest absolute Gasteiger partial charge is 0.0737 e. The highest BCUT2D eigenvalue weighted by molar-refractivity contribution is 6.36. The van der Waals surface area contributed by atoms with Crippen molar-refractivity contribution in [1.29, 1.82) is 0 Å². The lowest BCUT2D eigenvalue weighted by Crippen LogP contribution is -1.88. The van der Waals surface area contributed by atoms with Crippen molar-refractivity contribution in [2.45, 2.75) is 0 Å². The van der Waals surface area contributed by atoms with Crippen LogP contribution in [0.25, 0.3) is 10.9 Å². The van der Waals surface area contributed by atoms with Gasteiger partial charge in [-0.15, -0.1) is 0 Å². The summed E-state index contributed by atoms with van der Waals surface area (Å²) in [5, 5.41) is 1.49. The molecule has 1 heterocycles. The molecule has 0 aliphatic carbocycles. The van der Waals surface area contributed by atoms with Crippen LogP contribution in [0.5, 0.6) is 0 Å². The molecule has 0 saturated carbocycles. The first-order valence-corrected chi connectivity index (χ1v) is 3.95. The lowest BCUT2D eigenvalue weighted by atomic mass is 10.2. The van der Waals surface area contributed by atoms with Gasteiger partial charge in [0, 0.05) is 17.3 Å². The van der Waals surface area contributed by atoms with Crippen LogP contribution in [-0.2, 0) is 0 Å². The van der Waals surface area contributed by atoms with E-state index in [9.17, 15) is 0 Å². The molecule has 0 fully saturated rings. The summed E-state index contributed by atoms with van der Waals surface area (Å²) < 4.78 is 0. The van der Waals surface area contributed by atoms with Crippen molar-refractivity contribution in [1.82, 2.24) is 4.98 Å². The molecule has 0 saturated heterocycles. The molecule has 0 spiro atoms. The molecule has 3 heteroatoms. The molecule has 2 aromatic rings. The Bertz CT molecular complexity index is 389. The predicted octanol–water partition coefficient (Wildman–Crippen LogP) is 2.47. The van der Waals surface area contributed by atoms with Crippen LogP contribution in [-0.4, -0.2) is 4.98 Å². The molecule has 0 amide bonds. The topological polar surface area (TPSA) is 38.9 Å². The summed E-state index contributed by atoms with van der Waals surface area (Å²) in [7, 11) is 0. The van der Waals surface area contributed by atoms with Crippen molar-refractivity contribution >= 4 is 28.2 Å². The molecule has 0 bridgehead atoms. The Morgan fingerprint density at radius 1 is 1.25 bits per heavy atom. The molecule has 12 heavy (non-hydrogen) atoms. The van der Waals surface area contributed by atoms with Gasteiger partial charge in [0.05, 0.1) is 10.5 Å². The molecule has 2 rings (SSSR count). The molecule has 2 N–H and O–H groups in total. The molecule has 2 nitrogen and oxygen atoms in total. The van der Waals surface area contributed by atoms with E-state index in [2.05, 4.69) is 4.98 Å². The monoisotopic (exact) mass is 178 g/mol. The van der Waals surface area contributed by atoms with Gasteiger partial charge in [0.25, 0.3) is 0 Å².